The van der Waals surface area contributed by atoms with Crippen LogP contribution in [0.3, 0.4) is 0 Å². The Morgan fingerprint density at radius 2 is 2.18 bits per heavy atom. The van der Waals surface area contributed by atoms with E-state index in [1.807, 2.05) is 6.92 Å². The Bertz CT molecular complexity index is 856. The maximum atomic E-state index is 11.3. The van der Waals surface area contributed by atoms with Crippen molar-refractivity contribution in [1.82, 2.24) is 14.4 Å². The molecule has 2 heterocycles. The number of anilines is 1. The number of hydrogen-bond donors (Lipinski definition) is 2. The number of rotatable bonds is 4. The van der Waals surface area contributed by atoms with Gasteiger partial charge in [-0.3, -0.25) is 4.79 Å². The fourth-order valence-corrected chi connectivity index (χ4v) is 2.32. The molecule has 1 amide bonds. The van der Waals surface area contributed by atoms with Gasteiger partial charge in [-0.15, -0.1) is 0 Å². The van der Waals surface area contributed by atoms with Crippen LogP contribution in [0.15, 0.2) is 36.9 Å². The molecule has 0 saturated heterocycles. The zero-order valence-electron chi connectivity index (χ0n) is 12.0. The molecule has 0 spiro atoms. The second-order valence-electron chi connectivity index (χ2n) is 4.67. The van der Waals surface area contributed by atoms with E-state index < -0.39 is 5.91 Å². The number of carbonyl (C=O) groups excluding carboxylic acids is 1. The van der Waals surface area contributed by atoms with Gasteiger partial charge in [0.2, 0.25) is 5.91 Å². The van der Waals surface area contributed by atoms with Crippen LogP contribution in [0.1, 0.15) is 17.3 Å². The summed E-state index contributed by atoms with van der Waals surface area (Å²) in [7, 11) is 0. The van der Waals surface area contributed by atoms with E-state index in [2.05, 4.69) is 9.97 Å². The number of benzene rings is 1. The smallest absolute Gasteiger partial charge is 0.248 e. The number of carbonyl (C=O) groups is 1. The molecule has 3 aromatic rings. The van der Waals surface area contributed by atoms with E-state index in [9.17, 15) is 4.79 Å². The Hall–Kier alpha value is -3.09. The third-order valence-corrected chi connectivity index (χ3v) is 3.30. The van der Waals surface area contributed by atoms with Crippen molar-refractivity contribution in [2.45, 2.75) is 6.92 Å². The molecule has 0 aliphatic rings. The van der Waals surface area contributed by atoms with Crippen LogP contribution in [0.4, 0.5) is 5.82 Å². The fourth-order valence-electron chi connectivity index (χ4n) is 2.32. The van der Waals surface area contributed by atoms with E-state index in [4.69, 9.17) is 16.2 Å². The molecule has 0 bridgehead atoms. The number of fused-ring (bicyclic) bond motifs is 1. The van der Waals surface area contributed by atoms with Crippen LogP contribution in [-0.4, -0.2) is 26.9 Å². The molecular weight excluding hydrogens is 282 g/mol. The molecule has 7 heteroatoms. The lowest BCUT2D eigenvalue weighted by Crippen LogP contribution is -2.11. The maximum absolute atomic E-state index is 11.3. The van der Waals surface area contributed by atoms with Gasteiger partial charge >= 0.3 is 0 Å². The van der Waals surface area contributed by atoms with Crippen molar-refractivity contribution in [3.63, 3.8) is 0 Å². The summed E-state index contributed by atoms with van der Waals surface area (Å²) < 4.78 is 7.41. The third kappa shape index (κ3) is 2.22. The summed E-state index contributed by atoms with van der Waals surface area (Å²) in [6.45, 7) is 2.32. The Morgan fingerprint density at radius 3 is 2.91 bits per heavy atom. The summed E-state index contributed by atoms with van der Waals surface area (Å²) in [5, 5.41) is 0. The number of imidazole rings is 1. The minimum Gasteiger partial charge on any atom is -0.493 e. The molecule has 1 aromatic carbocycles. The average molecular weight is 297 g/mol. The van der Waals surface area contributed by atoms with Crippen LogP contribution in [0.5, 0.6) is 5.75 Å². The zero-order chi connectivity index (χ0) is 15.7. The van der Waals surface area contributed by atoms with Crippen molar-refractivity contribution in [3.05, 3.63) is 42.5 Å². The van der Waals surface area contributed by atoms with E-state index in [0.717, 1.165) is 5.56 Å². The van der Waals surface area contributed by atoms with Crippen molar-refractivity contribution in [2.75, 3.05) is 12.3 Å². The summed E-state index contributed by atoms with van der Waals surface area (Å²) in [5.74, 6) is 0.391. The van der Waals surface area contributed by atoms with E-state index >= 15 is 0 Å². The van der Waals surface area contributed by atoms with Gasteiger partial charge in [0, 0.05) is 23.5 Å². The van der Waals surface area contributed by atoms with Crippen molar-refractivity contribution in [2.24, 2.45) is 5.73 Å². The number of hydrogen-bond acceptors (Lipinski definition) is 5. The Morgan fingerprint density at radius 1 is 1.36 bits per heavy atom. The third-order valence-electron chi connectivity index (χ3n) is 3.30. The Labute approximate surface area is 126 Å². The number of ether oxygens (including phenoxy) is 1. The lowest BCUT2D eigenvalue weighted by Gasteiger charge is -2.10. The normalized spacial score (nSPS) is 10.8. The van der Waals surface area contributed by atoms with Crippen molar-refractivity contribution < 1.29 is 9.53 Å². The molecule has 0 atom stereocenters. The second kappa shape index (κ2) is 5.36. The minimum atomic E-state index is -0.511. The molecule has 0 saturated carbocycles. The van der Waals surface area contributed by atoms with E-state index in [1.54, 1.807) is 41.3 Å². The summed E-state index contributed by atoms with van der Waals surface area (Å²) in [5.41, 5.74) is 13.7. The highest BCUT2D eigenvalue weighted by Gasteiger charge is 2.16. The SMILES string of the molecule is CCOc1cc(C(N)=O)ccc1-c1ncn2ccnc(N)c12. The van der Waals surface area contributed by atoms with Gasteiger partial charge in [0.25, 0.3) is 0 Å². The maximum Gasteiger partial charge on any atom is 0.248 e. The summed E-state index contributed by atoms with van der Waals surface area (Å²) >= 11 is 0. The second-order valence-corrected chi connectivity index (χ2v) is 4.67. The highest BCUT2D eigenvalue weighted by molar-refractivity contribution is 5.95. The first kappa shape index (κ1) is 13.9. The number of nitrogen functional groups attached to an aromatic ring is 1. The molecule has 112 valence electrons. The van der Waals surface area contributed by atoms with Crippen LogP contribution in [0.2, 0.25) is 0 Å². The number of primary amides is 1. The number of aromatic nitrogens is 3. The van der Waals surface area contributed by atoms with E-state index in [0.29, 0.717) is 34.9 Å². The first-order valence-electron chi connectivity index (χ1n) is 6.76. The molecule has 4 N–H and O–H groups in total. The molecule has 0 aliphatic heterocycles. The van der Waals surface area contributed by atoms with Gasteiger partial charge in [0.05, 0.1) is 6.61 Å². The first-order valence-corrected chi connectivity index (χ1v) is 6.76. The van der Waals surface area contributed by atoms with Gasteiger partial charge in [0.1, 0.15) is 29.1 Å². The molecule has 2 aromatic heterocycles. The van der Waals surface area contributed by atoms with E-state index in [-0.39, 0.29) is 0 Å². The minimum absolute atomic E-state index is 0.372. The van der Waals surface area contributed by atoms with Gasteiger partial charge in [-0.2, -0.15) is 0 Å². The van der Waals surface area contributed by atoms with Crippen LogP contribution >= 0.6 is 0 Å². The number of nitrogens with zero attached hydrogens (tertiary/aromatic N) is 3. The average Bonchev–Trinajstić information content (AvgIpc) is 2.93. The Balaban J connectivity index is 2.23. The van der Waals surface area contributed by atoms with Gasteiger partial charge in [0.15, 0.2) is 0 Å². The molecule has 7 nitrogen and oxygen atoms in total. The number of amides is 1. The molecule has 0 radical (unpaired) electrons. The van der Waals surface area contributed by atoms with Gasteiger partial charge < -0.3 is 20.6 Å². The zero-order valence-corrected chi connectivity index (χ0v) is 12.0. The van der Waals surface area contributed by atoms with E-state index in [1.165, 1.54) is 0 Å². The predicted molar refractivity (Wildman–Crippen MR) is 82.5 cm³/mol. The van der Waals surface area contributed by atoms with Crippen molar-refractivity contribution in [1.29, 1.82) is 0 Å². The number of nitrogens with two attached hydrogens (primary N) is 2. The largest absolute Gasteiger partial charge is 0.493 e. The monoisotopic (exact) mass is 297 g/mol. The van der Waals surface area contributed by atoms with Gasteiger partial charge in [-0.05, 0) is 25.1 Å². The topological polar surface area (TPSA) is 109 Å². The first-order chi connectivity index (χ1) is 10.6. The fraction of sp³-hybridized carbons (Fsp3) is 0.133. The summed E-state index contributed by atoms with van der Waals surface area (Å²) in [4.78, 5) is 19.8. The van der Waals surface area contributed by atoms with Gasteiger partial charge in [-0.1, -0.05) is 0 Å². The summed E-state index contributed by atoms with van der Waals surface area (Å²) in [6.07, 6.45) is 5.02. The molecular formula is C15H15N5O2. The highest BCUT2D eigenvalue weighted by atomic mass is 16.5. The molecule has 0 fully saturated rings. The van der Waals surface area contributed by atoms with Crippen LogP contribution in [0.25, 0.3) is 16.8 Å². The highest BCUT2D eigenvalue weighted by Crippen LogP contribution is 2.34. The van der Waals surface area contributed by atoms with Crippen molar-refractivity contribution >= 4 is 17.2 Å². The Kier molecular flexibility index (Phi) is 3.38. The molecule has 3 rings (SSSR count). The molecule has 0 aliphatic carbocycles. The standard InChI is InChI=1S/C15H15N5O2/c1-2-22-11-7-9(15(17)21)3-4-10(11)12-13-14(16)18-5-6-20(13)8-19-12/h3-8H,2H2,1H3,(H2,16,18)(H2,17,21). The quantitative estimate of drug-likeness (QED) is 0.758. The lowest BCUT2D eigenvalue weighted by molar-refractivity contribution is 0.1000. The predicted octanol–water partition coefficient (Wildman–Crippen LogP) is 1.48. The van der Waals surface area contributed by atoms with Crippen LogP contribution in [-0.2, 0) is 0 Å². The molecule has 22 heavy (non-hydrogen) atoms. The van der Waals surface area contributed by atoms with Crippen molar-refractivity contribution in [3.8, 4) is 17.0 Å². The molecule has 0 unspecified atom stereocenters. The van der Waals surface area contributed by atoms with Crippen LogP contribution in [0, 0.1) is 0 Å². The van der Waals surface area contributed by atoms with Gasteiger partial charge in [-0.25, -0.2) is 9.97 Å². The summed E-state index contributed by atoms with van der Waals surface area (Å²) in [6, 6.07) is 5.00. The lowest BCUT2D eigenvalue weighted by atomic mass is 10.1. The van der Waals surface area contributed by atoms with Crippen LogP contribution < -0.4 is 16.2 Å².